The SMILES string of the molecule is Cc1ccn2c1CCNC2. The van der Waals surface area contributed by atoms with Crippen molar-refractivity contribution in [1.82, 2.24) is 9.88 Å². The second kappa shape index (κ2) is 2.13. The molecule has 2 rings (SSSR count). The van der Waals surface area contributed by atoms with E-state index in [1.165, 1.54) is 17.7 Å². The molecule has 0 aliphatic carbocycles. The fraction of sp³-hybridized carbons (Fsp3) is 0.500. The molecule has 10 heavy (non-hydrogen) atoms. The van der Waals surface area contributed by atoms with Crippen molar-refractivity contribution < 1.29 is 0 Å². The fourth-order valence-electron chi connectivity index (χ4n) is 1.51. The number of hydrogen-bond acceptors (Lipinski definition) is 1. The average Bonchev–Trinajstić information content (AvgIpc) is 2.34. The Bertz CT molecular complexity index is 237. The van der Waals surface area contributed by atoms with Crippen LogP contribution in [0, 0.1) is 6.92 Å². The maximum atomic E-state index is 3.32. The third kappa shape index (κ3) is 0.762. The normalized spacial score (nSPS) is 16.9. The zero-order valence-electron chi connectivity index (χ0n) is 6.22. The van der Waals surface area contributed by atoms with E-state index in [1.54, 1.807) is 0 Å². The van der Waals surface area contributed by atoms with Crippen LogP contribution in [0.4, 0.5) is 0 Å². The van der Waals surface area contributed by atoms with Crippen LogP contribution in [0.5, 0.6) is 0 Å². The highest BCUT2D eigenvalue weighted by molar-refractivity contribution is 5.21. The maximum absolute atomic E-state index is 3.32. The van der Waals surface area contributed by atoms with Gasteiger partial charge < -0.3 is 4.57 Å². The summed E-state index contributed by atoms with van der Waals surface area (Å²) in [5, 5.41) is 3.32. The van der Waals surface area contributed by atoms with E-state index in [1.807, 2.05) is 0 Å². The smallest absolute Gasteiger partial charge is 0.0722 e. The van der Waals surface area contributed by atoms with E-state index in [4.69, 9.17) is 0 Å². The summed E-state index contributed by atoms with van der Waals surface area (Å²) in [6.07, 6.45) is 3.33. The van der Waals surface area contributed by atoms with Crippen LogP contribution in [0.3, 0.4) is 0 Å². The van der Waals surface area contributed by atoms with Crippen molar-refractivity contribution in [2.45, 2.75) is 20.0 Å². The van der Waals surface area contributed by atoms with Crippen molar-refractivity contribution in [1.29, 1.82) is 0 Å². The highest BCUT2D eigenvalue weighted by Crippen LogP contribution is 2.11. The molecule has 0 saturated heterocycles. The lowest BCUT2D eigenvalue weighted by Crippen LogP contribution is -2.28. The van der Waals surface area contributed by atoms with E-state index >= 15 is 0 Å². The molecule has 0 saturated carbocycles. The van der Waals surface area contributed by atoms with E-state index in [2.05, 4.69) is 29.1 Å². The summed E-state index contributed by atoms with van der Waals surface area (Å²) in [6.45, 7) is 4.30. The molecule has 1 aromatic rings. The minimum absolute atomic E-state index is 0.989. The molecule has 1 aromatic heterocycles. The third-order valence-electron chi connectivity index (χ3n) is 2.13. The molecule has 2 heterocycles. The first-order valence-corrected chi connectivity index (χ1v) is 3.73. The van der Waals surface area contributed by atoms with Gasteiger partial charge in [0.15, 0.2) is 0 Å². The van der Waals surface area contributed by atoms with Crippen LogP contribution >= 0.6 is 0 Å². The largest absolute Gasteiger partial charge is 0.338 e. The quantitative estimate of drug-likeness (QED) is 0.560. The van der Waals surface area contributed by atoms with Crippen molar-refractivity contribution in [3.8, 4) is 0 Å². The highest BCUT2D eigenvalue weighted by Gasteiger charge is 2.08. The second-order valence-corrected chi connectivity index (χ2v) is 2.82. The lowest BCUT2D eigenvalue weighted by Gasteiger charge is -2.16. The zero-order chi connectivity index (χ0) is 6.97. The van der Waals surface area contributed by atoms with E-state index in [-0.39, 0.29) is 0 Å². The summed E-state index contributed by atoms with van der Waals surface area (Å²) >= 11 is 0. The van der Waals surface area contributed by atoms with Crippen molar-refractivity contribution in [3.05, 3.63) is 23.5 Å². The predicted molar refractivity (Wildman–Crippen MR) is 40.9 cm³/mol. The van der Waals surface area contributed by atoms with Gasteiger partial charge in [-0.3, -0.25) is 5.32 Å². The number of nitrogens with zero attached hydrogens (tertiary/aromatic N) is 1. The van der Waals surface area contributed by atoms with Crippen LogP contribution in [-0.4, -0.2) is 11.1 Å². The number of aromatic nitrogens is 1. The van der Waals surface area contributed by atoms with Crippen molar-refractivity contribution in [3.63, 3.8) is 0 Å². The second-order valence-electron chi connectivity index (χ2n) is 2.82. The van der Waals surface area contributed by atoms with Gasteiger partial charge in [-0.25, -0.2) is 0 Å². The Labute approximate surface area is 60.9 Å². The lowest BCUT2D eigenvalue weighted by atomic mass is 10.2. The minimum Gasteiger partial charge on any atom is -0.338 e. The Morgan fingerprint density at radius 3 is 3.30 bits per heavy atom. The molecule has 0 radical (unpaired) electrons. The number of nitrogens with one attached hydrogen (secondary N) is 1. The Morgan fingerprint density at radius 2 is 2.50 bits per heavy atom. The molecular weight excluding hydrogens is 124 g/mol. The molecule has 54 valence electrons. The molecule has 2 nitrogen and oxygen atoms in total. The number of fused-ring (bicyclic) bond motifs is 1. The van der Waals surface area contributed by atoms with Crippen LogP contribution < -0.4 is 5.32 Å². The first-order valence-electron chi connectivity index (χ1n) is 3.73. The van der Waals surface area contributed by atoms with Gasteiger partial charge in [-0.1, -0.05) is 0 Å². The molecule has 0 amide bonds. The zero-order valence-corrected chi connectivity index (χ0v) is 6.22. The van der Waals surface area contributed by atoms with Crippen LogP contribution in [-0.2, 0) is 13.1 Å². The van der Waals surface area contributed by atoms with Crippen LogP contribution in [0.1, 0.15) is 11.3 Å². The molecule has 1 aliphatic heterocycles. The summed E-state index contributed by atoms with van der Waals surface area (Å²) < 4.78 is 2.28. The van der Waals surface area contributed by atoms with Crippen LogP contribution in [0.15, 0.2) is 12.3 Å². The number of aryl methyl sites for hydroxylation is 1. The fourth-order valence-corrected chi connectivity index (χ4v) is 1.51. The minimum atomic E-state index is 0.989. The number of rotatable bonds is 0. The van der Waals surface area contributed by atoms with E-state index in [0.717, 1.165) is 13.2 Å². The summed E-state index contributed by atoms with van der Waals surface area (Å²) in [5.74, 6) is 0. The topological polar surface area (TPSA) is 17.0 Å². The van der Waals surface area contributed by atoms with Crippen LogP contribution in [0.2, 0.25) is 0 Å². The van der Waals surface area contributed by atoms with Crippen LogP contribution in [0.25, 0.3) is 0 Å². The molecular formula is C8H12N2. The Balaban J connectivity index is 2.45. The van der Waals surface area contributed by atoms with Gasteiger partial charge in [-0.15, -0.1) is 0 Å². The van der Waals surface area contributed by atoms with Gasteiger partial charge in [-0.2, -0.15) is 0 Å². The Kier molecular flexibility index (Phi) is 1.27. The molecule has 0 atom stereocenters. The average molecular weight is 136 g/mol. The van der Waals surface area contributed by atoms with Crippen molar-refractivity contribution >= 4 is 0 Å². The van der Waals surface area contributed by atoms with Gasteiger partial charge in [-0.05, 0) is 18.6 Å². The molecule has 0 fully saturated rings. The third-order valence-corrected chi connectivity index (χ3v) is 2.13. The van der Waals surface area contributed by atoms with E-state index in [0.29, 0.717) is 0 Å². The van der Waals surface area contributed by atoms with E-state index < -0.39 is 0 Å². The van der Waals surface area contributed by atoms with Gasteiger partial charge in [0.1, 0.15) is 0 Å². The standard InChI is InChI=1S/C8H12N2/c1-7-3-5-10-6-9-4-2-8(7)10/h3,5,9H,2,4,6H2,1H3. The summed E-state index contributed by atoms with van der Waals surface area (Å²) in [7, 11) is 0. The first kappa shape index (κ1) is 5.98. The molecule has 0 unspecified atom stereocenters. The summed E-state index contributed by atoms with van der Waals surface area (Å²) in [6, 6.07) is 2.18. The monoisotopic (exact) mass is 136 g/mol. The van der Waals surface area contributed by atoms with Gasteiger partial charge in [0.05, 0.1) is 6.67 Å². The molecule has 1 aliphatic rings. The first-order chi connectivity index (χ1) is 4.88. The van der Waals surface area contributed by atoms with Gasteiger partial charge >= 0.3 is 0 Å². The molecule has 2 heteroatoms. The highest BCUT2D eigenvalue weighted by atomic mass is 15.1. The molecule has 0 bridgehead atoms. The van der Waals surface area contributed by atoms with Crippen molar-refractivity contribution in [2.24, 2.45) is 0 Å². The summed E-state index contributed by atoms with van der Waals surface area (Å²) in [4.78, 5) is 0. The lowest BCUT2D eigenvalue weighted by molar-refractivity contribution is 0.494. The summed E-state index contributed by atoms with van der Waals surface area (Å²) in [5.41, 5.74) is 2.93. The van der Waals surface area contributed by atoms with Gasteiger partial charge in [0, 0.05) is 24.9 Å². The Morgan fingerprint density at radius 1 is 1.60 bits per heavy atom. The van der Waals surface area contributed by atoms with E-state index in [9.17, 15) is 0 Å². The predicted octanol–water partition coefficient (Wildman–Crippen LogP) is 0.900. The molecule has 1 N–H and O–H groups in total. The molecule has 0 aromatic carbocycles. The molecule has 0 spiro atoms. The van der Waals surface area contributed by atoms with Gasteiger partial charge in [0.25, 0.3) is 0 Å². The maximum Gasteiger partial charge on any atom is 0.0722 e. The van der Waals surface area contributed by atoms with Gasteiger partial charge in [0.2, 0.25) is 0 Å². The Hall–Kier alpha value is -0.760. The van der Waals surface area contributed by atoms with Crippen molar-refractivity contribution in [2.75, 3.05) is 6.54 Å². The number of hydrogen-bond donors (Lipinski definition) is 1.